The molecule has 0 aliphatic heterocycles. The maximum Gasteiger partial charge on any atom is 0.104 e. The van der Waals surface area contributed by atoms with Gasteiger partial charge in [0.25, 0.3) is 0 Å². The lowest BCUT2D eigenvalue weighted by molar-refractivity contribution is 0.195. The quantitative estimate of drug-likeness (QED) is 0.900. The van der Waals surface area contributed by atoms with E-state index in [1.807, 2.05) is 11.4 Å². The minimum atomic E-state index is -0.466. The number of aromatic nitrogens is 1. The van der Waals surface area contributed by atoms with Gasteiger partial charge in [0.2, 0.25) is 0 Å². The van der Waals surface area contributed by atoms with Gasteiger partial charge >= 0.3 is 0 Å². The summed E-state index contributed by atoms with van der Waals surface area (Å²) in [7, 11) is 0. The van der Waals surface area contributed by atoms with Gasteiger partial charge in [0, 0.05) is 10.8 Å². The van der Waals surface area contributed by atoms with Crippen molar-refractivity contribution in [2.24, 2.45) is 0 Å². The molecule has 0 amide bonds. The average molecular weight is 245 g/mol. The first-order chi connectivity index (χ1) is 8.22. The van der Waals surface area contributed by atoms with Crippen molar-refractivity contribution in [1.29, 1.82) is 0 Å². The minimum absolute atomic E-state index is 0.138. The van der Waals surface area contributed by atoms with Crippen molar-refractivity contribution in [2.75, 3.05) is 0 Å². The van der Waals surface area contributed by atoms with Crippen LogP contribution >= 0.6 is 11.3 Å². The number of aliphatic hydroxyl groups excluding tert-OH is 1. The summed E-state index contributed by atoms with van der Waals surface area (Å²) < 4.78 is 0. The van der Waals surface area contributed by atoms with Gasteiger partial charge in [0.1, 0.15) is 5.01 Å². The van der Waals surface area contributed by atoms with E-state index in [1.54, 1.807) is 18.3 Å². The molecule has 0 saturated heterocycles. The fourth-order valence-corrected chi connectivity index (χ4v) is 3.39. The third-order valence-electron chi connectivity index (χ3n) is 3.44. The molecule has 2 nitrogen and oxygen atoms in total. The predicted octanol–water partition coefficient (Wildman–Crippen LogP) is 3.28. The summed E-state index contributed by atoms with van der Waals surface area (Å²) in [5.74, 6) is 0. The Hall–Kier alpha value is -1.19. The Labute approximate surface area is 105 Å². The fourth-order valence-electron chi connectivity index (χ4n) is 2.21. The van der Waals surface area contributed by atoms with Crippen molar-refractivity contribution in [3.8, 4) is 0 Å². The largest absolute Gasteiger partial charge is 0.387 e. The van der Waals surface area contributed by atoms with Gasteiger partial charge < -0.3 is 5.11 Å². The molecule has 1 fully saturated rings. The molecular weight excluding hydrogens is 230 g/mol. The highest BCUT2D eigenvalue weighted by atomic mass is 32.1. The molecule has 1 N–H and O–H groups in total. The van der Waals surface area contributed by atoms with Crippen LogP contribution in [0.1, 0.15) is 42.1 Å². The molecule has 1 atom stereocenters. The highest BCUT2D eigenvalue weighted by molar-refractivity contribution is 7.09. The van der Waals surface area contributed by atoms with Crippen molar-refractivity contribution in [3.63, 3.8) is 0 Å². The third kappa shape index (κ3) is 1.79. The van der Waals surface area contributed by atoms with Crippen molar-refractivity contribution in [1.82, 2.24) is 4.98 Å². The van der Waals surface area contributed by atoms with E-state index < -0.39 is 6.10 Å². The van der Waals surface area contributed by atoms with E-state index >= 15 is 0 Å². The van der Waals surface area contributed by atoms with Gasteiger partial charge in [0.05, 0.1) is 11.8 Å². The Kier molecular flexibility index (Phi) is 2.53. The number of hydrogen-bond donors (Lipinski definition) is 1. The van der Waals surface area contributed by atoms with E-state index in [9.17, 15) is 5.11 Å². The number of thiazole rings is 1. The zero-order valence-electron chi connectivity index (χ0n) is 9.76. The average Bonchev–Trinajstić information content (AvgIpc) is 3.00. The van der Waals surface area contributed by atoms with Gasteiger partial charge in [-0.3, -0.25) is 0 Å². The van der Waals surface area contributed by atoms with Crippen LogP contribution in [-0.4, -0.2) is 10.1 Å². The van der Waals surface area contributed by atoms with Gasteiger partial charge in [0.15, 0.2) is 0 Å². The minimum Gasteiger partial charge on any atom is -0.387 e. The highest BCUT2D eigenvalue weighted by Gasteiger charge is 2.48. The number of nitrogens with zero attached hydrogens (tertiary/aromatic N) is 1. The molecule has 1 aromatic carbocycles. The van der Waals surface area contributed by atoms with E-state index in [0.717, 1.165) is 10.7 Å². The molecular formula is C14H15NOS. The van der Waals surface area contributed by atoms with E-state index in [2.05, 4.69) is 29.2 Å². The normalized spacial score (nSPS) is 18.9. The molecule has 3 heteroatoms. The third-order valence-corrected chi connectivity index (χ3v) is 4.50. The van der Waals surface area contributed by atoms with Crippen LogP contribution in [0, 0.1) is 0 Å². The summed E-state index contributed by atoms with van der Waals surface area (Å²) in [4.78, 5) is 4.59. The first-order valence-corrected chi connectivity index (χ1v) is 6.80. The van der Waals surface area contributed by atoms with Crippen LogP contribution in [0.25, 0.3) is 0 Å². The molecule has 88 valence electrons. The van der Waals surface area contributed by atoms with Gasteiger partial charge in [-0.1, -0.05) is 30.3 Å². The number of aliphatic hydroxyl groups is 1. The molecule has 0 bridgehead atoms. The van der Waals surface area contributed by atoms with Gasteiger partial charge in [-0.15, -0.1) is 11.3 Å². The van der Waals surface area contributed by atoms with E-state index in [0.29, 0.717) is 0 Å². The second-order valence-electron chi connectivity index (χ2n) is 4.70. The molecule has 1 aliphatic carbocycles. The Balaban J connectivity index is 1.98. The molecule has 0 radical (unpaired) electrons. The molecule has 1 heterocycles. The lowest BCUT2D eigenvalue weighted by Crippen LogP contribution is -2.08. The highest BCUT2D eigenvalue weighted by Crippen LogP contribution is 2.54. The van der Waals surface area contributed by atoms with Crippen LogP contribution in [0.2, 0.25) is 0 Å². The van der Waals surface area contributed by atoms with Crippen molar-refractivity contribution >= 4 is 11.3 Å². The molecule has 1 aliphatic rings. The van der Waals surface area contributed by atoms with Crippen molar-refractivity contribution in [3.05, 3.63) is 52.0 Å². The van der Waals surface area contributed by atoms with E-state index in [1.165, 1.54) is 18.4 Å². The Morgan fingerprint density at radius 3 is 2.53 bits per heavy atom. The summed E-state index contributed by atoms with van der Waals surface area (Å²) in [6.07, 6.45) is 1.87. The molecule has 1 aromatic heterocycles. The second kappa shape index (κ2) is 3.93. The van der Waals surface area contributed by atoms with Crippen LogP contribution < -0.4 is 0 Å². The Bertz CT molecular complexity index is 514. The summed E-state index contributed by atoms with van der Waals surface area (Å²) in [6.45, 7) is 1.76. The SMILES string of the molecule is CC(O)c1csc(C2(c3ccccc3)CC2)n1. The van der Waals surface area contributed by atoms with Crippen molar-refractivity contribution < 1.29 is 5.11 Å². The number of hydrogen-bond acceptors (Lipinski definition) is 3. The smallest absolute Gasteiger partial charge is 0.104 e. The maximum absolute atomic E-state index is 9.54. The summed E-state index contributed by atoms with van der Waals surface area (Å²) >= 11 is 1.67. The number of rotatable bonds is 3. The molecule has 1 saturated carbocycles. The monoisotopic (exact) mass is 245 g/mol. The Morgan fingerprint density at radius 2 is 2.00 bits per heavy atom. The molecule has 0 spiro atoms. The summed E-state index contributed by atoms with van der Waals surface area (Å²) in [6, 6.07) is 10.6. The van der Waals surface area contributed by atoms with Gasteiger partial charge in [-0.05, 0) is 25.3 Å². The molecule has 3 rings (SSSR count). The lowest BCUT2D eigenvalue weighted by atomic mass is 9.97. The van der Waals surface area contributed by atoms with Gasteiger partial charge in [-0.2, -0.15) is 0 Å². The van der Waals surface area contributed by atoms with Gasteiger partial charge in [-0.25, -0.2) is 4.98 Å². The van der Waals surface area contributed by atoms with Crippen LogP contribution in [0.3, 0.4) is 0 Å². The van der Waals surface area contributed by atoms with Crippen LogP contribution in [-0.2, 0) is 5.41 Å². The van der Waals surface area contributed by atoms with Crippen LogP contribution in [0.4, 0.5) is 0 Å². The predicted molar refractivity (Wildman–Crippen MR) is 69.2 cm³/mol. The summed E-state index contributed by atoms with van der Waals surface area (Å²) in [5.41, 5.74) is 2.29. The fraction of sp³-hybridized carbons (Fsp3) is 0.357. The van der Waals surface area contributed by atoms with Crippen molar-refractivity contribution in [2.45, 2.75) is 31.3 Å². The van der Waals surface area contributed by atoms with E-state index in [4.69, 9.17) is 0 Å². The zero-order chi connectivity index (χ0) is 11.9. The summed E-state index contributed by atoms with van der Waals surface area (Å²) in [5, 5.41) is 12.7. The van der Waals surface area contributed by atoms with E-state index in [-0.39, 0.29) is 5.41 Å². The molecule has 2 aromatic rings. The Morgan fingerprint density at radius 1 is 1.29 bits per heavy atom. The zero-order valence-corrected chi connectivity index (χ0v) is 10.6. The molecule has 1 unspecified atom stereocenters. The lowest BCUT2D eigenvalue weighted by Gasteiger charge is -2.12. The first-order valence-electron chi connectivity index (χ1n) is 5.92. The topological polar surface area (TPSA) is 33.1 Å². The molecule has 17 heavy (non-hydrogen) atoms. The van der Waals surface area contributed by atoms with Crippen LogP contribution in [0.15, 0.2) is 35.7 Å². The first kappa shape index (κ1) is 10.9. The standard InChI is InChI=1S/C14H15NOS/c1-10(16)12-9-17-13(15-12)14(7-8-14)11-5-3-2-4-6-11/h2-6,9-10,16H,7-8H2,1H3. The maximum atomic E-state index is 9.54. The van der Waals surface area contributed by atoms with Crippen LogP contribution in [0.5, 0.6) is 0 Å². The second-order valence-corrected chi connectivity index (χ2v) is 5.56. The number of benzene rings is 1.